The van der Waals surface area contributed by atoms with Gasteiger partial charge in [-0.15, -0.1) is 10.2 Å². The lowest BCUT2D eigenvalue weighted by Gasteiger charge is -2.18. The average molecular weight is 232 g/mol. The van der Waals surface area contributed by atoms with E-state index in [0.717, 1.165) is 17.3 Å². The monoisotopic (exact) mass is 232 g/mol. The fraction of sp³-hybridized carbons (Fsp3) is 0.333. The van der Waals surface area contributed by atoms with Gasteiger partial charge in [-0.1, -0.05) is 0 Å². The summed E-state index contributed by atoms with van der Waals surface area (Å²) in [7, 11) is 1.64. The van der Waals surface area contributed by atoms with Crippen LogP contribution < -0.4 is 10.5 Å². The Morgan fingerprint density at radius 1 is 1.24 bits per heavy atom. The molecule has 0 fully saturated rings. The Bertz CT molecular complexity index is 496. The average Bonchev–Trinajstić information content (AvgIpc) is 2.78. The molecule has 2 N–H and O–H groups in total. The molecule has 0 radical (unpaired) electrons. The van der Waals surface area contributed by atoms with Gasteiger partial charge in [0.25, 0.3) is 0 Å². The van der Waals surface area contributed by atoms with Crippen molar-refractivity contribution in [2.45, 2.75) is 19.4 Å². The van der Waals surface area contributed by atoms with Crippen molar-refractivity contribution < 1.29 is 4.74 Å². The number of hydrogen-bond donors (Lipinski definition) is 1. The van der Waals surface area contributed by atoms with E-state index in [4.69, 9.17) is 10.5 Å². The number of hydrogen-bond acceptors (Lipinski definition) is 4. The van der Waals surface area contributed by atoms with E-state index in [0.29, 0.717) is 0 Å². The predicted molar refractivity (Wildman–Crippen MR) is 65.1 cm³/mol. The molecule has 0 amide bonds. The molecule has 0 bridgehead atoms. The van der Waals surface area contributed by atoms with Crippen LogP contribution in [0.4, 0.5) is 0 Å². The van der Waals surface area contributed by atoms with Crippen LogP contribution in [0.15, 0.2) is 30.6 Å². The van der Waals surface area contributed by atoms with Gasteiger partial charge in [0, 0.05) is 5.69 Å². The van der Waals surface area contributed by atoms with Crippen molar-refractivity contribution in [2.75, 3.05) is 7.11 Å². The number of nitrogens with two attached hydrogens (primary N) is 1. The van der Waals surface area contributed by atoms with Crippen molar-refractivity contribution in [3.63, 3.8) is 0 Å². The van der Waals surface area contributed by atoms with E-state index in [-0.39, 0.29) is 0 Å². The zero-order chi connectivity index (χ0) is 12.5. The third-order valence-electron chi connectivity index (χ3n) is 2.47. The summed E-state index contributed by atoms with van der Waals surface area (Å²) in [6.45, 7) is 3.80. The number of rotatable bonds is 3. The van der Waals surface area contributed by atoms with Gasteiger partial charge in [0.1, 0.15) is 12.1 Å². The van der Waals surface area contributed by atoms with E-state index in [1.807, 2.05) is 42.7 Å². The summed E-state index contributed by atoms with van der Waals surface area (Å²) >= 11 is 0. The van der Waals surface area contributed by atoms with Crippen molar-refractivity contribution in [1.82, 2.24) is 14.8 Å². The maximum atomic E-state index is 6.05. The first kappa shape index (κ1) is 11.6. The lowest BCUT2D eigenvalue weighted by atomic mass is 10.1. The van der Waals surface area contributed by atoms with Crippen molar-refractivity contribution in [3.05, 3.63) is 36.4 Å². The topological polar surface area (TPSA) is 66.0 Å². The molecule has 17 heavy (non-hydrogen) atoms. The molecular formula is C12H16N4O. The van der Waals surface area contributed by atoms with E-state index in [1.54, 1.807) is 13.4 Å². The molecule has 0 atom stereocenters. The van der Waals surface area contributed by atoms with E-state index in [2.05, 4.69) is 10.2 Å². The first-order valence-electron chi connectivity index (χ1n) is 5.36. The van der Waals surface area contributed by atoms with E-state index in [1.165, 1.54) is 0 Å². The first-order chi connectivity index (χ1) is 8.02. The van der Waals surface area contributed by atoms with Gasteiger partial charge in [-0.3, -0.25) is 4.57 Å². The maximum absolute atomic E-state index is 6.05. The molecule has 0 unspecified atom stereocenters. The third kappa shape index (κ3) is 2.29. The molecule has 0 aliphatic rings. The van der Waals surface area contributed by atoms with Gasteiger partial charge in [0.15, 0.2) is 5.82 Å². The predicted octanol–water partition coefficient (Wildman–Crippen LogP) is 1.47. The van der Waals surface area contributed by atoms with Crippen molar-refractivity contribution in [3.8, 4) is 11.4 Å². The Morgan fingerprint density at radius 3 is 2.41 bits per heavy atom. The molecule has 2 rings (SSSR count). The smallest absolute Gasteiger partial charge is 0.156 e. The van der Waals surface area contributed by atoms with Crippen LogP contribution in [0.25, 0.3) is 5.69 Å². The fourth-order valence-corrected chi connectivity index (χ4v) is 1.61. The van der Waals surface area contributed by atoms with Crippen molar-refractivity contribution in [2.24, 2.45) is 5.73 Å². The summed E-state index contributed by atoms with van der Waals surface area (Å²) in [6.07, 6.45) is 1.66. The Kier molecular flexibility index (Phi) is 2.85. The molecule has 90 valence electrons. The third-order valence-corrected chi connectivity index (χ3v) is 2.47. The van der Waals surface area contributed by atoms with Crippen LogP contribution in [0.1, 0.15) is 19.7 Å². The molecule has 1 aromatic carbocycles. The number of aromatic nitrogens is 3. The first-order valence-corrected chi connectivity index (χ1v) is 5.36. The van der Waals surface area contributed by atoms with Gasteiger partial charge in [-0.2, -0.15) is 0 Å². The van der Waals surface area contributed by atoms with Gasteiger partial charge in [-0.05, 0) is 38.1 Å². The summed E-state index contributed by atoms with van der Waals surface area (Å²) in [6, 6.07) is 7.67. The second-order valence-corrected chi connectivity index (χ2v) is 4.44. The van der Waals surface area contributed by atoms with Crippen LogP contribution in [0.3, 0.4) is 0 Å². The van der Waals surface area contributed by atoms with Crippen molar-refractivity contribution in [1.29, 1.82) is 0 Å². The summed E-state index contributed by atoms with van der Waals surface area (Å²) in [5.74, 6) is 1.54. The maximum Gasteiger partial charge on any atom is 0.156 e. The number of benzene rings is 1. The molecule has 0 spiro atoms. The summed E-state index contributed by atoms with van der Waals surface area (Å²) in [4.78, 5) is 0. The van der Waals surface area contributed by atoms with Crippen LogP contribution in [0, 0.1) is 0 Å². The SMILES string of the molecule is COc1ccc(-n2cnnc2C(C)(C)N)cc1. The zero-order valence-electron chi connectivity index (χ0n) is 10.2. The quantitative estimate of drug-likeness (QED) is 0.870. The summed E-state index contributed by atoms with van der Waals surface area (Å²) in [5, 5.41) is 7.97. The normalized spacial score (nSPS) is 11.5. The van der Waals surface area contributed by atoms with Crippen LogP contribution >= 0.6 is 0 Å². The Balaban J connectivity index is 2.43. The molecule has 0 saturated heterocycles. The highest BCUT2D eigenvalue weighted by atomic mass is 16.5. The lowest BCUT2D eigenvalue weighted by Crippen LogP contribution is -2.32. The molecule has 5 heteroatoms. The van der Waals surface area contributed by atoms with Gasteiger partial charge >= 0.3 is 0 Å². The number of ether oxygens (including phenoxy) is 1. The number of nitrogens with zero attached hydrogens (tertiary/aromatic N) is 3. The van der Waals surface area contributed by atoms with Gasteiger partial charge < -0.3 is 10.5 Å². The fourth-order valence-electron chi connectivity index (χ4n) is 1.61. The van der Waals surface area contributed by atoms with Crippen LogP contribution in [0.5, 0.6) is 5.75 Å². The van der Waals surface area contributed by atoms with Gasteiger partial charge in [0.05, 0.1) is 12.6 Å². The minimum atomic E-state index is -0.531. The highest BCUT2D eigenvalue weighted by Gasteiger charge is 2.21. The second-order valence-electron chi connectivity index (χ2n) is 4.44. The molecule has 0 saturated carbocycles. The molecule has 1 aromatic heterocycles. The van der Waals surface area contributed by atoms with E-state index < -0.39 is 5.54 Å². The minimum absolute atomic E-state index is 0.531. The Hall–Kier alpha value is -1.88. The van der Waals surface area contributed by atoms with E-state index >= 15 is 0 Å². The van der Waals surface area contributed by atoms with Gasteiger partial charge in [0.2, 0.25) is 0 Å². The highest BCUT2D eigenvalue weighted by Crippen LogP contribution is 2.20. The second kappa shape index (κ2) is 4.18. The van der Waals surface area contributed by atoms with E-state index in [9.17, 15) is 0 Å². The summed E-state index contributed by atoms with van der Waals surface area (Å²) < 4.78 is 6.99. The summed E-state index contributed by atoms with van der Waals surface area (Å²) in [5.41, 5.74) is 6.48. The van der Waals surface area contributed by atoms with Crippen LogP contribution in [-0.2, 0) is 5.54 Å². The van der Waals surface area contributed by atoms with Crippen molar-refractivity contribution >= 4 is 0 Å². The lowest BCUT2D eigenvalue weighted by molar-refractivity contribution is 0.414. The number of methoxy groups -OCH3 is 1. The molecule has 2 aromatic rings. The standard InChI is InChI=1S/C12H16N4O/c1-12(2,13)11-15-14-8-16(11)9-4-6-10(17-3)7-5-9/h4-8H,13H2,1-3H3. The molecule has 1 heterocycles. The largest absolute Gasteiger partial charge is 0.497 e. The molecule has 5 nitrogen and oxygen atoms in total. The van der Waals surface area contributed by atoms with Crippen LogP contribution in [-0.4, -0.2) is 21.9 Å². The van der Waals surface area contributed by atoms with Gasteiger partial charge in [-0.25, -0.2) is 0 Å². The minimum Gasteiger partial charge on any atom is -0.497 e. The Labute approximate surface area is 100 Å². The highest BCUT2D eigenvalue weighted by molar-refractivity contribution is 5.38. The zero-order valence-corrected chi connectivity index (χ0v) is 10.2. The Morgan fingerprint density at radius 2 is 1.88 bits per heavy atom. The molecule has 0 aliphatic heterocycles. The van der Waals surface area contributed by atoms with Crippen LogP contribution in [0.2, 0.25) is 0 Å². The molecular weight excluding hydrogens is 216 g/mol. The molecule has 0 aliphatic carbocycles.